The maximum Gasteiger partial charge on any atom is 0.434 e. The fraction of sp³-hybridized carbons (Fsp3) is 0.375. The van der Waals surface area contributed by atoms with Crippen LogP contribution in [0.3, 0.4) is 0 Å². The molecule has 11 heteroatoms. The molecule has 0 aliphatic heterocycles. The Labute approximate surface area is 101 Å². The minimum atomic E-state index is -5.77. The zero-order valence-corrected chi connectivity index (χ0v) is 8.70. The quantitative estimate of drug-likeness (QED) is 0.488. The third kappa shape index (κ3) is 3.69. The predicted molar refractivity (Wildman–Crippen MR) is 47.4 cm³/mol. The van der Waals surface area contributed by atoms with Crippen molar-refractivity contribution in [2.75, 3.05) is 0 Å². The van der Waals surface area contributed by atoms with E-state index in [0.29, 0.717) is 6.07 Å². The molecule has 0 spiro atoms. The molecule has 1 rings (SSSR count). The molecule has 0 aromatic carbocycles. The van der Waals surface area contributed by atoms with Gasteiger partial charge >= 0.3 is 18.0 Å². The van der Waals surface area contributed by atoms with E-state index >= 15 is 0 Å². The average molecular weight is 290 g/mol. The number of aromatic nitrogens is 1. The molecular weight excluding hydrogens is 286 g/mol. The normalized spacial score (nSPS) is 12.6. The molecule has 1 aromatic heterocycles. The van der Waals surface area contributed by atoms with Gasteiger partial charge in [0.05, 0.1) is 4.92 Å². The molecule has 19 heavy (non-hydrogen) atoms. The number of rotatable bonds is 3. The number of pyridine rings is 1. The molecule has 0 atom stereocenters. The smallest absolute Gasteiger partial charge is 0.434 e. The Morgan fingerprint density at radius 1 is 1.21 bits per heavy atom. The number of alkyl halides is 6. The molecule has 0 amide bonds. The SMILES string of the molecule is O=[N+]([O-])c1cccnc1OC(C(F)(F)F)C(F)(F)F. The van der Waals surface area contributed by atoms with Crippen molar-refractivity contribution >= 4 is 5.69 Å². The number of halogens is 6. The van der Waals surface area contributed by atoms with Gasteiger partial charge in [-0.25, -0.2) is 4.98 Å². The third-order valence-electron chi connectivity index (χ3n) is 1.77. The molecule has 0 bridgehead atoms. The first-order chi connectivity index (χ1) is 8.53. The maximum atomic E-state index is 12.2. The maximum absolute atomic E-state index is 12.2. The first-order valence-electron chi connectivity index (χ1n) is 4.43. The monoisotopic (exact) mass is 290 g/mol. The van der Waals surface area contributed by atoms with Crippen LogP contribution in [-0.4, -0.2) is 28.4 Å². The largest absolute Gasteiger partial charge is 0.450 e. The Bertz CT molecular complexity index is 458. The van der Waals surface area contributed by atoms with Crippen molar-refractivity contribution in [2.45, 2.75) is 18.5 Å². The van der Waals surface area contributed by atoms with Gasteiger partial charge in [-0.05, 0) is 6.07 Å². The Balaban J connectivity index is 3.15. The van der Waals surface area contributed by atoms with E-state index in [4.69, 9.17) is 0 Å². The average Bonchev–Trinajstić information content (AvgIpc) is 2.23. The van der Waals surface area contributed by atoms with Gasteiger partial charge in [-0.15, -0.1) is 0 Å². The fourth-order valence-electron chi connectivity index (χ4n) is 1.04. The van der Waals surface area contributed by atoms with Crippen LogP contribution in [0.2, 0.25) is 0 Å². The van der Waals surface area contributed by atoms with Crippen LogP contribution in [0.1, 0.15) is 0 Å². The molecule has 0 saturated heterocycles. The number of nitro groups is 1. The van der Waals surface area contributed by atoms with Crippen LogP contribution >= 0.6 is 0 Å². The molecule has 0 unspecified atom stereocenters. The summed E-state index contributed by atoms with van der Waals surface area (Å²) < 4.78 is 76.8. The third-order valence-corrected chi connectivity index (χ3v) is 1.77. The van der Waals surface area contributed by atoms with E-state index in [1.165, 1.54) is 0 Å². The van der Waals surface area contributed by atoms with Gasteiger partial charge in [0.25, 0.3) is 12.0 Å². The molecule has 106 valence electrons. The van der Waals surface area contributed by atoms with Gasteiger partial charge < -0.3 is 4.74 Å². The van der Waals surface area contributed by atoms with Crippen LogP contribution in [0.4, 0.5) is 32.0 Å². The summed E-state index contributed by atoms with van der Waals surface area (Å²) in [7, 11) is 0. The van der Waals surface area contributed by atoms with E-state index < -0.39 is 34.9 Å². The van der Waals surface area contributed by atoms with Crippen LogP contribution in [0.15, 0.2) is 18.3 Å². The number of nitrogens with zero attached hydrogens (tertiary/aromatic N) is 2. The molecule has 0 aliphatic carbocycles. The molecular formula is C8H4F6N2O3. The fourth-order valence-corrected chi connectivity index (χ4v) is 1.04. The first-order valence-corrected chi connectivity index (χ1v) is 4.43. The molecule has 5 nitrogen and oxygen atoms in total. The van der Waals surface area contributed by atoms with E-state index in [0.717, 1.165) is 12.3 Å². The highest BCUT2D eigenvalue weighted by Gasteiger charge is 2.59. The van der Waals surface area contributed by atoms with Gasteiger partial charge in [-0.3, -0.25) is 10.1 Å². The van der Waals surface area contributed by atoms with Crippen molar-refractivity contribution in [1.82, 2.24) is 4.98 Å². The lowest BCUT2D eigenvalue weighted by molar-refractivity contribution is -0.387. The van der Waals surface area contributed by atoms with Crippen LogP contribution in [-0.2, 0) is 0 Å². The minimum absolute atomic E-state index is 0.673. The highest BCUT2D eigenvalue weighted by atomic mass is 19.4. The molecule has 0 N–H and O–H groups in total. The molecule has 0 saturated carbocycles. The van der Waals surface area contributed by atoms with Gasteiger partial charge in [-0.2, -0.15) is 26.3 Å². The zero-order chi connectivity index (χ0) is 14.8. The summed E-state index contributed by atoms with van der Waals surface area (Å²) in [6, 6.07) is 1.65. The van der Waals surface area contributed by atoms with E-state index in [-0.39, 0.29) is 0 Å². The highest BCUT2D eigenvalue weighted by Crippen LogP contribution is 2.37. The zero-order valence-electron chi connectivity index (χ0n) is 8.70. The summed E-state index contributed by atoms with van der Waals surface area (Å²) in [5.41, 5.74) is -1.10. The first kappa shape index (κ1) is 15.0. The van der Waals surface area contributed by atoms with Crippen LogP contribution in [0.25, 0.3) is 0 Å². The Hall–Kier alpha value is -2.07. The van der Waals surface area contributed by atoms with Crippen molar-refractivity contribution in [3.05, 3.63) is 28.4 Å². The lowest BCUT2D eigenvalue weighted by Crippen LogP contribution is -2.46. The Kier molecular flexibility index (Phi) is 3.86. The van der Waals surface area contributed by atoms with Crippen LogP contribution in [0.5, 0.6) is 5.88 Å². The lowest BCUT2D eigenvalue weighted by atomic mass is 10.3. The molecule has 1 aromatic rings. The van der Waals surface area contributed by atoms with Gasteiger partial charge in [0.2, 0.25) is 0 Å². The minimum Gasteiger partial charge on any atom is -0.450 e. The van der Waals surface area contributed by atoms with Gasteiger partial charge in [0.15, 0.2) is 0 Å². The van der Waals surface area contributed by atoms with Gasteiger partial charge in [0, 0.05) is 12.3 Å². The summed E-state index contributed by atoms with van der Waals surface area (Å²) in [6.07, 6.45) is -15.0. The van der Waals surface area contributed by atoms with E-state index in [1.54, 1.807) is 0 Å². The van der Waals surface area contributed by atoms with E-state index in [9.17, 15) is 36.5 Å². The van der Waals surface area contributed by atoms with E-state index in [2.05, 4.69) is 9.72 Å². The molecule has 0 aliphatic rings. The van der Waals surface area contributed by atoms with Gasteiger partial charge in [-0.1, -0.05) is 0 Å². The summed E-state index contributed by atoms with van der Waals surface area (Å²) in [5, 5.41) is 10.4. The second-order valence-corrected chi connectivity index (χ2v) is 3.17. The topological polar surface area (TPSA) is 65.3 Å². The lowest BCUT2D eigenvalue weighted by Gasteiger charge is -2.22. The summed E-state index contributed by atoms with van der Waals surface area (Å²) in [5.74, 6) is -1.35. The molecule has 1 heterocycles. The van der Waals surface area contributed by atoms with Crippen LogP contribution in [0, 0.1) is 10.1 Å². The number of hydrogen-bond acceptors (Lipinski definition) is 4. The standard InChI is InChI=1S/C8H4F6N2O3/c9-7(10,11)6(8(12,13)14)19-5-4(16(17)18)2-1-3-15-5/h1-3,6H. The molecule has 0 fully saturated rings. The number of ether oxygens (including phenoxy) is 1. The predicted octanol–water partition coefficient (Wildman–Crippen LogP) is 2.86. The summed E-state index contributed by atoms with van der Waals surface area (Å²) in [6.45, 7) is 0. The second kappa shape index (κ2) is 4.90. The Morgan fingerprint density at radius 2 is 1.74 bits per heavy atom. The summed E-state index contributed by atoms with van der Waals surface area (Å²) in [4.78, 5) is 12.2. The number of hydrogen-bond donors (Lipinski definition) is 0. The Morgan fingerprint density at radius 3 is 2.16 bits per heavy atom. The highest BCUT2D eigenvalue weighted by molar-refractivity contribution is 5.40. The van der Waals surface area contributed by atoms with Gasteiger partial charge in [0.1, 0.15) is 0 Å². The van der Waals surface area contributed by atoms with Crippen molar-refractivity contribution < 1.29 is 36.0 Å². The van der Waals surface area contributed by atoms with Crippen molar-refractivity contribution in [2.24, 2.45) is 0 Å². The second-order valence-electron chi connectivity index (χ2n) is 3.17. The van der Waals surface area contributed by atoms with Crippen LogP contribution < -0.4 is 4.74 Å². The van der Waals surface area contributed by atoms with Crippen molar-refractivity contribution in [3.8, 4) is 5.88 Å². The van der Waals surface area contributed by atoms with Crippen molar-refractivity contribution in [3.63, 3.8) is 0 Å². The molecule has 0 radical (unpaired) electrons. The summed E-state index contributed by atoms with van der Waals surface area (Å²) >= 11 is 0. The van der Waals surface area contributed by atoms with E-state index in [1.807, 2.05) is 0 Å². The van der Waals surface area contributed by atoms with Crippen molar-refractivity contribution in [1.29, 1.82) is 0 Å².